The number of para-hydroxylation sites is 2. The fourth-order valence-electron chi connectivity index (χ4n) is 3.87. The van der Waals surface area contributed by atoms with Gasteiger partial charge in [-0.3, -0.25) is 14.7 Å². The molecule has 0 saturated heterocycles. The Morgan fingerprint density at radius 1 is 1.26 bits per heavy atom. The second-order valence-corrected chi connectivity index (χ2v) is 7.59. The normalized spacial score (nSPS) is 19.1. The maximum atomic E-state index is 11.4. The van der Waals surface area contributed by atoms with Crippen LogP contribution in [0.25, 0.3) is 0 Å². The zero-order valence-electron chi connectivity index (χ0n) is 15.5. The highest BCUT2D eigenvalue weighted by Crippen LogP contribution is 2.54. The van der Waals surface area contributed by atoms with Crippen LogP contribution in [0.3, 0.4) is 0 Å². The van der Waals surface area contributed by atoms with E-state index in [0.29, 0.717) is 24.1 Å². The molecule has 7 nitrogen and oxygen atoms in total. The highest BCUT2D eigenvalue weighted by atomic mass is 16.5. The highest BCUT2D eigenvalue weighted by molar-refractivity contribution is 5.95. The number of aromatic nitrogens is 2. The molecule has 2 aromatic rings. The van der Waals surface area contributed by atoms with E-state index in [4.69, 9.17) is 10.5 Å². The van der Waals surface area contributed by atoms with Crippen LogP contribution in [-0.4, -0.2) is 35.7 Å². The molecule has 0 unspecified atom stereocenters. The van der Waals surface area contributed by atoms with Gasteiger partial charge in [0.2, 0.25) is 5.91 Å². The molecule has 1 aromatic heterocycles. The van der Waals surface area contributed by atoms with Gasteiger partial charge in [0.05, 0.1) is 18.7 Å². The summed E-state index contributed by atoms with van der Waals surface area (Å²) in [6.07, 6.45) is 6.31. The van der Waals surface area contributed by atoms with Gasteiger partial charge in [-0.25, -0.2) is 0 Å². The molecular weight excluding hydrogens is 344 g/mol. The summed E-state index contributed by atoms with van der Waals surface area (Å²) >= 11 is 0. The molecule has 1 aromatic carbocycles. The number of nitrogens with two attached hydrogens (primary N) is 1. The van der Waals surface area contributed by atoms with Crippen LogP contribution in [0.4, 0.5) is 5.69 Å². The summed E-state index contributed by atoms with van der Waals surface area (Å²) in [6, 6.07) is 7.57. The van der Waals surface area contributed by atoms with Gasteiger partial charge in [0.1, 0.15) is 5.75 Å². The Morgan fingerprint density at radius 3 is 2.78 bits per heavy atom. The van der Waals surface area contributed by atoms with Crippen molar-refractivity contribution in [1.82, 2.24) is 10.2 Å². The van der Waals surface area contributed by atoms with Crippen molar-refractivity contribution in [3.8, 4) is 5.75 Å². The number of hydrogen-bond acceptors (Lipinski definition) is 4. The molecule has 7 heteroatoms. The van der Waals surface area contributed by atoms with Crippen molar-refractivity contribution in [2.45, 2.75) is 38.5 Å². The first kappa shape index (κ1) is 17.6. The lowest BCUT2D eigenvalue weighted by molar-refractivity contribution is -0.118. The molecule has 27 heavy (non-hydrogen) atoms. The third kappa shape index (κ3) is 3.41. The third-order valence-corrected chi connectivity index (χ3v) is 5.77. The van der Waals surface area contributed by atoms with E-state index in [2.05, 4.69) is 10.2 Å². The number of benzene rings is 1. The van der Waals surface area contributed by atoms with Gasteiger partial charge in [0.25, 0.3) is 5.91 Å². The highest BCUT2D eigenvalue weighted by Gasteiger charge is 2.46. The second kappa shape index (κ2) is 6.72. The molecule has 2 heterocycles. The molecular formula is C20H24N4O3. The van der Waals surface area contributed by atoms with E-state index in [-0.39, 0.29) is 5.91 Å². The van der Waals surface area contributed by atoms with Crippen LogP contribution >= 0.6 is 0 Å². The molecule has 142 valence electrons. The minimum atomic E-state index is -0.403. The molecule has 5 rings (SSSR count). The van der Waals surface area contributed by atoms with Gasteiger partial charge < -0.3 is 15.4 Å². The first-order valence-corrected chi connectivity index (χ1v) is 9.33. The number of rotatable bonds is 1. The van der Waals surface area contributed by atoms with Gasteiger partial charge in [-0.15, -0.1) is 0 Å². The van der Waals surface area contributed by atoms with E-state index < -0.39 is 5.91 Å². The van der Waals surface area contributed by atoms with Crippen molar-refractivity contribution < 1.29 is 14.3 Å². The van der Waals surface area contributed by atoms with Crippen molar-refractivity contribution in [2.24, 2.45) is 11.1 Å². The van der Waals surface area contributed by atoms with E-state index in [1.165, 1.54) is 19.3 Å². The van der Waals surface area contributed by atoms with Crippen LogP contribution in [0.5, 0.6) is 5.75 Å². The van der Waals surface area contributed by atoms with Crippen LogP contribution in [-0.2, 0) is 17.6 Å². The van der Waals surface area contributed by atoms with Gasteiger partial charge in [-0.2, -0.15) is 5.10 Å². The molecule has 0 atom stereocenters. The topological polar surface area (TPSA) is 101 Å². The Labute approximate surface area is 157 Å². The summed E-state index contributed by atoms with van der Waals surface area (Å²) in [6.45, 7) is 0.472. The van der Waals surface area contributed by atoms with Crippen LogP contribution in [0.1, 0.15) is 47.4 Å². The number of ether oxygens (including phenoxy) is 1. The van der Waals surface area contributed by atoms with Crippen molar-refractivity contribution in [1.29, 1.82) is 0 Å². The Kier molecular flexibility index (Phi) is 4.37. The molecule has 1 aliphatic heterocycles. The minimum Gasteiger partial charge on any atom is -0.491 e. The number of hydrogen-bond donors (Lipinski definition) is 2. The molecule has 1 saturated carbocycles. The van der Waals surface area contributed by atoms with Crippen molar-refractivity contribution in [3.63, 3.8) is 0 Å². The number of anilines is 1. The Morgan fingerprint density at radius 2 is 2.04 bits per heavy atom. The van der Waals surface area contributed by atoms with Crippen LogP contribution in [0.15, 0.2) is 24.3 Å². The largest absolute Gasteiger partial charge is 0.491 e. The fourth-order valence-corrected chi connectivity index (χ4v) is 3.87. The van der Waals surface area contributed by atoms with Crippen molar-refractivity contribution in [3.05, 3.63) is 41.2 Å². The van der Waals surface area contributed by atoms with E-state index in [9.17, 15) is 9.59 Å². The van der Waals surface area contributed by atoms with Gasteiger partial charge in [0, 0.05) is 18.3 Å². The maximum Gasteiger partial charge on any atom is 0.269 e. The Balaban J connectivity index is 0.000000134. The number of nitrogens with one attached hydrogen (secondary N) is 1. The molecule has 1 spiro atoms. The number of aromatic amines is 1. The van der Waals surface area contributed by atoms with Gasteiger partial charge in [0.15, 0.2) is 5.69 Å². The maximum absolute atomic E-state index is 11.4. The average molecular weight is 368 g/mol. The SMILES string of the molecule is CN1C(=O)CCOc2ccccc21.NC(=O)c1n[nH]c2c1CC1(CC2)CC1. The van der Waals surface area contributed by atoms with Crippen LogP contribution < -0.4 is 15.4 Å². The number of nitrogens with zero attached hydrogens (tertiary/aromatic N) is 2. The second-order valence-electron chi connectivity index (χ2n) is 7.59. The lowest BCUT2D eigenvalue weighted by atomic mass is 9.84. The third-order valence-electron chi connectivity index (χ3n) is 5.77. The zero-order valence-corrected chi connectivity index (χ0v) is 15.5. The van der Waals surface area contributed by atoms with Gasteiger partial charge in [-0.1, -0.05) is 12.1 Å². The molecule has 0 radical (unpaired) electrons. The van der Waals surface area contributed by atoms with Gasteiger partial charge >= 0.3 is 0 Å². The number of carbonyl (C=O) groups is 2. The lowest BCUT2D eigenvalue weighted by Gasteiger charge is -2.20. The van der Waals surface area contributed by atoms with Crippen LogP contribution in [0.2, 0.25) is 0 Å². The summed E-state index contributed by atoms with van der Waals surface area (Å²) in [5.74, 6) is 0.487. The van der Waals surface area contributed by atoms with E-state index in [0.717, 1.165) is 35.5 Å². The van der Waals surface area contributed by atoms with E-state index in [1.54, 1.807) is 11.9 Å². The smallest absolute Gasteiger partial charge is 0.269 e. The predicted molar refractivity (Wildman–Crippen MR) is 101 cm³/mol. The summed E-state index contributed by atoms with van der Waals surface area (Å²) in [4.78, 5) is 24.2. The number of fused-ring (bicyclic) bond motifs is 2. The predicted octanol–water partition coefficient (Wildman–Crippen LogP) is 2.21. The minimum absolute atomic E-state index is 0.102. The molecule has 3 aliphatic rings. The monoisotopic (exact) mass is 368 g/mol. The summed E-state index contributed by atoms with van der Waals surface area (Å²) in [5.41, 5.74) is 9.29. The number of H-pyrrole nitrogens is 1. The summed E-state index contributed by atoms with van der Waals surface area (Å²) < 4.78 is 5.43. The average Bonchev–Trinajstić information content (AvgIpc) is 3.30. The number of aryl methyl sites for hydroxylation is 1. The molecule has 1 fully saturated rings. The van der Waals surface area contributed by atoms with E-state index >= 15 is 0 Å². The number of primary amides is 1. The quantitative estimate of drug-likeness (QED) is 0.806. The number of carbonyl (C=O) groups excluding carboxylic acids is 2. The summed E-state index contributed by atoms with van der Waals surface area (Å²) in [7, 11) is 1.77. The summed E-state index contributed by atoms with van der Waals surface area (Å²) in [5, 5.41) is 6.91. The Hall–Kier alpha value is -2.83. The Bertz CT molecular complexity index is 885. The van der Waals surface area contributed by atoms with Gasteiger partial charge in [-0.05, 0) is 49.7 Å². The fraction of sp³-hybridized carbons (Fsp3) is 0.450. The van der Waals surface area contributed by atoms with Crippen molar-refractivity contribution in [2.75, 3.05) is 18.6 Å². The standard InChI is InChI=1S/C10H13N3O.C10H11NO2/c11-9(14)8-6-5-10(3-4-10)2-1-7(6)12-13-8;1-11-8-4-2-3-5-9(8)13-7-6-10(11)12/h1-5H2,(H2,11,14)(H,12,13);2-5H,6-7H2,1H3. The number of amides is 2. The van der Waals surface area contributed by atoms with E-state index in [1.807, 2.05) is 24.3 Å². The molecule has 2 amide bonds. The van der Waals surface area contributed by atoms with Crippen LogP contribution in [0, 0.1) is 5.41 Å². The van der Waals surface area contributed by atoms with Crippen molar-refractivity contribution >= 4 is 17.5 Å². The first-order chi connectivity index (χ1) is 13.0. The molecule has 2 aliphatic carbocycles. The molecule has 3 N–H and O–H groups in total. The lowest BCUT2D eigenvalue weighted by Crippen LogP contribution is -2.24. The first-order valence-electron chi connectivity index (χ1n) is 9.33. The zero-order chi connectivity index (χ0) is 19.0. The molecule has 0 bridgehead atoms.